The third-order valence-electron chi connectivity index (χ3n) is 2.11. The second-order valence-corrected chi connectivity index (χ2v) is 3.52. The maximum atomic E-state index is 9.11. The molecular formula is C12H28N2O. The SMILES string of the molecule is CC.CCCCC(CCC(C)O)N=CN. The Morgan fingerprint density at radius 3 is 2.27 bits per heavy atom. The van der Waals surface area contributed by atoms with Crippen LogP contribution in [0.25, 0.3) is 0 Å². The summed E-state index contributed by atoms with van der Waals surface area (Å²) in [6.07, 6.45) is 6.35. The summed E-state index contributed by atoms with van der Waals surface area (Å²) in [6.45, 7) is 7.97. The van der Waals surface area contributed by atoms with Gasteiger partial charge in [0.2, 0.25) is 0 Å². The highest BCUT2D eigenvalue weighted by atomic mass is 16.3. The first-order chi connectivity index (χ1) is 7.20. The first-order valence-corrected chi connectivity index (χ1v) is 6.12. The van der Waals surface area contributed by atoms with Crippen molar-refractivity contribution in [3.05, 3.63) is 0 Å². The molecule has 0 spiro atoms. The van der Waals surface area contributed by atoms with Crippen molar-refractivity contribution in [2.24, 2.45) is 10.7 Å². The Morgan fingerprint density at radius 2 is 1.87 bits per heavy atom. The fraction of sp³-hybridized carbons (Fsp3) is 0.917. The highest BCUT2D eigenvalue weighted by Crippen LogP contribution is 2.11. The van der Waals surface area contributed by atoms with E-state index < -0.39 is 0 Å². The lowest BCUT2D eigenvalue weighted by molar-refractivity contribution is 0.178. The van der Waals surface area contributed by atoms with E-state index in [9.17, 15) is 0 Å². The van der Waals surface area contributed by atoms with Crippen molar-refractivity contribution in [2.75, 3.05) is 0 Å². The molecule has 0 saturated carbocycles. The molecule has 92 valence electrons. The molecule has 0 aliphatic carbocycles. The molecule has 0 aromatic heterocycles. The topological polar surface area (TPSA) is 58.6 Å². The highest BCUT2D eigenvalue weighted by molar-refractivity contribution is 5.51. The molecule has 0 heterocycles. The maximum Gasteiger partial charge on any atom is 0.0801 e. The minimum atomic E-state index is -0.225. The molecule has 3 nitrogen and oxygen atoms in total. The van der Waals surface area contributed by atoms with E-state index in [1.165, 1.54) is 19.2 Å². The number of nitrogens with zero attached hydrogens (tertiary/aromatic N) is 1. The molecule has 0 radical (unpaired) electrons. The second kappa shape index (κ2) is 13.4. The smallest absolute Gasteiger partial charge is 0.0801 e. The van der Waals surface area contributed by atoms with Crippen molar-refractivity contribution in [1.29, 1.82) is 0 Å². The molecule has 0 aliphatic heterocycles. The number of nitrogens with two attached hydrogens (primary N) is 1. The molecular weight excluding hydrogens is 188 g/mol. The number of hydrogen-bond acceptors (Lipinski definition) is 2. The first kappa shape index (κ1) is 16.8. The Kier molecular flexibility index (Phi) is 15.1. The van der Waals surface area contributed by atoms with E-state index in [4.69, 9.17) is 10.8 Å². The summed E-state index contributed by atoms with van der Waals surface area (Å²) < 4.78 is 0. The van der Waals surface area contributed by atoms with Gasteiger partial charge in [0, 0.05) is 0 Å². The molecule has 0 aromatic carbocycles. The molecule has 0 aliphatic rings. The number of unbranched alkanes of at least 4 members (excludes halogenated alkanes) is 1. The van der Waals surface area contributed by atoms with Gasteiger partial charge < -0.3 is 10.8 Å². The van der Waals surface area contributed by atoms with Crippen molar-refractivity contribution in [1.82, 2.24) is 0 Å². The monoisotopic (exact) mass is 216 g/mol. The summed E-state index contributed by atoms with van der Waals surface area (Å²) >= 11 is 0. The molecule has 0 saturated heterocycles. The zero-order chi connectivity index (χ0) is 12.1. The molecule has 2 unspecified atom stereocenters. The summed E-state index contributed by atoms with van der Waals surface area (Å²) in [5.41, 5.74) is 5.25. The molecule has 0 rings (SSSR count). The Bertz CT molecular complexity index is 136. The van der Waals surface area contributed by atoms with Gasteiger partial charge in [-0.2, -0.15) is 0 Å². The quantitative estimate of drug-likeness (QED) is 0.508. The van der Waals surface area contributed by atoms with Crippen LogP contribution in [0.1, 0.15) is 59.8 Å². The van der Waals surface area contributed by atoms with Crippen molar-refractivity contribution in [3.63, 3.8) is 0 Å². The van der Waals surface area contributed by atoms with E-state index >= 15 is 0 Å². The van der Waals surface area contributed by atoms with Gasteiger partial charge in [-0.25, -0.2) is 0 Å². The molecule has 0 bridgehead atoms. The Hall–Kier alpha value is -0.570. The third-order valence-corrected chi connectivity index (χ3v) is 2.11. The van der Waals surface area contributed by atoms with Crippen LogP contribution < -0.4 is 5.73 Å². The highest BCUT2D eigenvalue weighted by Gasteiger charge is 2.06. The lowest BCUT2D eigenvalue weighted by atomic mass is 10.0. The predicted molar refractivity (Wildman–Crippen MR) is 68.3 cm³/mol. The van der Waals surface area contributed by atoms with Gasteiger partial charge in [0.05, 0.1) is 18.5 Å². The van der Waals surface area contributed by atoms with Crippen LogP contribution in [0.3, 0.4) is 0 Å². The van der Waals surface area contributed by atoms with Gasteiger partial charge in [-0.05, 0) is 26.2 Å². The average Bonchev–Trinajstić information content (AvgIpc) is 2.25. The van der Waals surface area contributed by atoms with Crippen LogP contribution in [0.5, 0.6) is 0 Å². The van der Waals surface area contributed by atoms with Crippen molar-refractivity contribution in [3.8, 4) is 0 Å². The number of aliphatic hydroxyl groups excluding tert-OH is 1. The molecule has 2 atom stereocenters. The van der Waals surface area contributed by atoms with Gasteiger partial charge in [-0.15, -0.1) is 0 Å². The number of rotatable bonds is 7. The van der Waals surface area contributed by atoms with Crippen LogP contribution >= 0.6 is 0 Å². The average molecular weight is 216 g/mol. The van der Waals surface area contributed by atoms with Crippen LogP contribution in [-0.2, 0) is 0 Å². The predicted octanol–water partition coefficient (Wildman–Crippen LogP) is 2.72. The lowest BCUT2D eigenvalue weighted by Crippen LogP contribution is -2.11. The Morgan fingerprint density at radius 1 is 1.27 bits per heavy atom. The molecule has 3 heteroatoms. The molecule has 0 aromatic rings. The zero-order valence-corrected chi connectivity index (χ0v) is 10.7. The minimum Gasteiger partial charge on any atom is -0.393 e. The number of aliphatic imine (C=N–C) groups is 1. The summed E-state index contributed by atoms with van der Waals surface area (Å²) in [4.78, 5) is 4.18. The standard InChI is InChI=1S/C10H22N2O.C2H6/c1-3-4-5-10(12-8-11)7-6-9(2)13;1-2/h8-10,13H,3-7H2,1-2H3,(H2,11,12);1-2H3. The van der Waals surface area contributed by atoms with Crippen LogP contribution in [0, 0.1) is 0 Å². The fourth-order valence-corrected chi connectivity index (χ4v) is 1.29. The summed E-state index contributed by atoms with van der Waals surface area (Å²) in [5.74, 6) is 0. The lowest BCUT2D eigenvalue weighted by Gasteiger charge is -2.12. The summed E-state index contributed by atoms with van der Waals surface area (Å²) in [6, 6.07) is 0.305. The fourth-order valence-electron chi connectivity index (χ4n) is 1.29. The van der Waals surface area contributed by atoms with Crippen LogP contribution in [0.15, 0.2) is 4.99 Å². The summed E-state index contributed by atoms with van der Waals surface area (Å²) in [5, 5.41) is 9.11. The van der Waals surface area contributed by atoms with Gasteiger partial charge in [0.1, 0.15) is 0 Å². The molecule has 0 fully saturated rings. The van der Waals surface area contributed by atoms with Crippen LogP contribution in [0.4, 0.5) is 0 Å². The Balaban J connectivity index is 0. The van der Waals surface area contributed by atoms with Crippen LogP contribution in [-0.4, -0.2) is 23.6 Å². The van der Waals surface area contributed by atoms with E-state index in [2.05, 4.69) is 11.9 Å². The van der Waals surface area contributed by atoms with Gasteiger partial charge in [-0.3, -0.25) is 4.99 Å². The van der Waals surface area contributed by atoms with Gasteiger partial charge >= 0.3 is 0 Å². The third kappa shape index (κ3) is 13.4. The maximum absolute atomic E-state index is 9.11. The van der Waals surface area contributed by atoms with Gasteiger partial charge in [-0.1, -0.05) is 33.6 Å². The van der Waals surface area contributed by atoms with E-state index in [1.54, 1.807) is 0 Å². The number of aliphatic hydroxyl groups is 1. The Labute approximate surface area is 94.8 Å². The van der Waals surface area contributed by atoms with E-state index in [1.807, 2.05) is 20.8 Å². The van der Waals surface area contributed by atoms with Gasteiger partial charge in [0.15, 0.2) is 0 Å². The zero-order valence-electron chi connectivity index (χ0n) is 10.7. The normalized spacial score (nSPS) is 14.5. The minimum absolute atomic E-state index is 0.225. The van der Waals surface area contributed by atoms with Crippen molar-refractivity contribution < 1.29 is 5.11 Å². The van der Waals surface area contributed by atoms with E-state index in [0.29, 0.717) is 6.04 Å². The summed E-state index contributed by atoms with van der Waals surface area (Å²) in [7, 11) is 0. The molecule has 0 amide bonds. The second-order valence-electron chi connectivity index (χ2n) is 3.52. The molecule has 3 N–H and O–H groups in total. The number of hydrogen-bond donors (Lipinski definition) is 2. The van der Waals surface area contributed by atoms with Crippen LogP contribution in [0.2, 0.25) is 0 Å². The van der Waals surface area contributed by atoms with E-state index in [0.717, 1.165) is 19.3 Å². The molecule has 15 heavy (non-hydrogen) atoms. The first-order valence-electron chi connectivity index (χ1n) is 6.12. The van der Waals surface area contributed by atoms with Gasteiger partial charge in [0.25, 0.3) is 0 Å². The van der Waals surface area contributed by atoms with Crippen molar-refractivity contribution >= 4 is 6.34 Å². The van der Waals surface area contributed by atoms with E-state index in [-0.39, 0.29) is 6.10 Å². The van der Waals surface area contributed by atoms with Crippen molar-refractivity contribution in [2.45, 2.75) is 71.9 Å². The largest absolute Gasteiger partial charge is 0.393 e.